The number of hydrogen-bond donors (Lipinski definition) is 1. The van der Waals surface area contributed by atoms with Crippen molar-refractivity contribution in [1.29, 1.82) is 0 Å². The topological polar surface area (TPSA) is 55.4 Å². The quantitative estimate of drug-likeness (QED) is 0.571. The molecule has 0 radical (unpaired) electrons. The fraction of sp³-hybridized carbons (Fsp3) is 0.130. The van der Waals surface area contributed by atoms with Gasteiger partial charge in [-0.1, -0.05) is 76.6 Å². The van der Waals surface area contributed by atoms with E-state index in [-0.39, 0.29) is 5.91 Å². The van der Waals surface area contributed by atoms with Gasteiger partial charge in [0.1, 0.15) is 6.04 Å². The van der Waals surface area contributed by atoms with Gasteiger partial charge in [0.15, 0.2) is 0 Å². The Morgan fingerprint density at radius 2 is 1.50 bits per heavy atom. The van der Waals surface area contributed by atoms with Crippen LogP contribution in [0.15, 0.2) is 83.3 Å². The molecule has 0 aromatic heterocycles. The second-order valence-corrected chi connectivity index (χ2v) is 7.14. The number of amides is 1. The highest BCUT2D eigenvalue weighted by atomic mass is 79.9. The fourth-order valence-corrected chi connectivity index (χ4v) is 3.35. The Labute approximate surface area is 172 Å². The zero-order valence-electron chi connectivity index (χ0n) is 15.4. The van der Waals surface area contributed by atoms with Crippen molar-refractivity contribution in [2.45, 2.75) is 12.5 Å². The lowest BCUT2D eigenvalue weighted by Gasteiger charge is -2.17. The van der Waals surface area contributed by atoms with Crippen molar-refractivity contribution in [2.24, 2.45) is 0 Å². The molecule has 1 amide bonds. The van der Waals surface area contributed by atoms with Gasteiger partial charge in [0.05, 0.1) is 7.11 Å². The maximum absolute atomic E-state index is 12.7. The summed E-state index contributed by atoms with van der Waals surface area (Å²) in [6.45, 7) is 0. The van der Waals surface area contributed by atoms with Crippen LogP contribution in [0.25, 0.3) is 11.1 Å². The van der Waals surface area contributed by atoms with Crippen molar-refractivity contribution >= 4 is 27.8 Å². The van der Waals surface area contributed by atoms with E-state index in [9.17, 15) is 9.59 Å². The number of ether oxygens (including phenoxy) is 1. The molecule has 0 unspecified atom stereocenters. The molecule has 0 bridgehead atoms. The molecule has 3 aromatic rings. The van der Waals surface area contributed by atoms with Crippen LogP contribution in [0.2, 0.25) is 0 Å². The summed E-state index contributed by atoms with van der Waals surface area (Å²) < 4.78 is 5.75. The van der Waals surface area contributed by atoms with Gasteiger partial charge in [0.2, 0.25) is 0 Å². The van der Waals surface area contributed by atoms with Gasteiger partial charge >= 0.3 is 5.97 Å². The predicted molar refractivity (Wildman–Crippen MR) is 113 cm³/mol. The summed E-state index contributed by atoms with van der Waals surface area (Å²) in [7, 11) is 1.32. The van der Waals surface area contributed by atoms with E-state index < -0.39 is 12.0 Å². The normalized spacial score (nSPS) is 11.5. The molecule has 4 nitrogen and oxygen atoms in total. The number of carbonyl (C=O) groups excluding carboxylic acids is 2. The molecule has 0 aliphatic carbocycles. The van der Waals surface area contributed by atoms with Gasteiger partial charge in [-0.2, -0.15) is 0 Å². The van der Waals surface area contributed by atoms with Gasteiger partial charge in [-0.25, -0.2) is 4.79 Å². The van der Waals surface area contributed by atoms with Gasteiger partial charge < -0.3 is 10.1 Å². The van der Waals surface area contributed by atoms with Crippen LogP contribution >= 0.6 is 15.9 Å². The summed E-state index contributed by atoms with van der Waals surface area (Å²) in [5.74, 6) is -0.799. The first kappa shape index (κ1) is 19.8. The van der Waals surface area contributed by atoms with Gasteiger partial charge in [0.25, 0.3) is 5.91 Å². The zero-order valence-corrected chi connectivity index (χ0v) is 17.0. The van der Waals surface area contributed by atoms with Crippen LogP contribution in [0.5, 0.6) is 0 Å². The highest BCUT2D eigenvalue weighted by molar-refractivity contribution is 9.10. The summed E-state index contributed by atoms with van der Waals surface area (Å²) in [5, 5.41) is 2.78. The third kappa shape index (κ3) is 4.87. The lowest BCUT2D eigenvalue weighted by atomic mass is 10.0. The lowest BCUT2D eigenvalue weighted by Crippen LogP contribution is -2.43. The Morgan fingerprint density at radius 3 is 2.14 bits per heavy atom. The van der Waals surface area contributed by atoms with Crippen molar-refractivity contribution in [2.75, 3.05) is 7.11 Å². The number of methoxy groups -OCH3 is 1. The lowest BCUT2D eigenvalue weighted by molar-refractivity contribution is -0.142. The van der Waals surface area contributed by atoms with Gasteiger partial charge in [-0.05, 0) is 34.9 Å². The van der Waals surface area contributed by atoms with Crippen molar-refractivity contribution in [3.63, 3.8) is 0 Å². The average molecular weight is 438 g/mol. The summed E-state index contributed by atoms with van der Waals surface area (Å²) in [5.41, 5.74) is 3.50. The average Bonchev–Trinajstić information content (AvgIpc) is 2.75. The highest BCUT2D eigenvalue weighted by Crippen LogP contribution is 2.20. The molecular formula is C23H20BrNO3. The SMILES string of the molecule is COC(=O)[C@H](Cc1ccccc1Br)NC(=O)c1ccc(-c2ccccc2)cc1. The van der Waals surface area contributed by atoms with E-state index >= 15 is 0 Å². The van der Waals surface area contributed by atoms with Crippen LogP contribution in [-0.2, 0) is 16.0 Å². The first-order valence-electron chi connectivity index (χ1n) is 8.86. The Balaban J connectivity index is 1.74. The minimum absolute atomic E-state index is 0.318. The Morgan fingerprint density at radius 1 is 0.893 bits per heavy atom. The number of esters is 1. The third-order valence-corrected chi connectivity index (χ3v) is 5.20. The van der Waals surface area contributed by atoms with Crippen molar-refractivity contribution in [3.05, 3.63) is 94.5 Å². The van der Waals surface area contributed by atoms with E-state index in [1.165, 1.54) is 7.11 Å². The Kier molecular flexibility index (Phi) is 6.61. The molecule has 0 spiro atoms. The van der Waals surface area contributed by atoms with Crippen LogP contribution in [-0.4, -0.2) is 25.0 Å². The van der Waals surface area contributed by atoms with E-state index in [0.717, 1.165) is 21.2 Å². The minimum Gasteiger partial charge on any atom is -0.467 e. The molecule has 0 saturated heterocycles. The van der Waals surface area contributed by atoms with Crippen LogP contribution < -0.4 is 5.32 Å². The smallest absolute Gasteiger partial charge is 0.328 e. The maximum Gasteiger partial charge on any atom is 0.328 e. The van der Waals surface area contributed by atoms with E-state index in [1.54, 1.807) is 12.1 Å². The molecule has 0 aliphatic rings. The van der Waals surface area contributed by atoms with Crippen molar-refractivity contribution < 1.29 is 14.3 Å². The third-order valence-electron chi connectivity index (χ3n) is 4.43. The highest BCUT2D eigenvalue weighted by Gasteiger charge is 2.23. The summed E-state index contributed by atoms with van der Waals surface area (Å²) in [6.07, 6.45) is 0.335. The molecule has 3 aromatic carbocycles. The number of rotatable bonds is 6. The zero-order chi connectivity index (χ0) is 19.9. The molecule has 1 atom stereocenters. The summed E-state index contributed by atoms with van der Waals surface area (Å²) in [6, 6.07) is 24.0. The van der Waals surface area contributed by atoms with Crippen LogP contribution in [0.4, 0.5) is 0 Å². The largest absolute Gasteiger partial charge is 0.467 e. The Bertz CT molecular complexity index is 955. The van der Waals surface area contributed by atoms with Crippen molar-refractivity contribution in [1.82, 2.24) is 5.32 Å². The monoisotopic (exact) mass is 437 g/mol. The number of halogens is 1. The number of hydrogen-bond acceptors (Lipinski definition) is 3. The molecule has 0 aliphatic heterocycles. The van der Waals surface area contributed by atoms with E-state index in [4.69, 9.17) is 4.74 Å². The van der Waals surface area contributed by atoms with Crippen molar-refractivity contribution in [3.8, 4) is 11.1 Å². The molecule has 0 heterocycles. The Hall–Kier alpha value is -2.92. The van der Waals surface area contributed by atoms with Crippen LogP contribution in [0.3, 0.4) is 0 Å². The molecule has 5 heteroatoms. The molecule has 0 saturated carbocycles. The van der Waals surface area contributed by atoms with Gasteiger partial charge in [-0.3, -0.25) is 4.79 Å². The second kappa shape index (κ2) is 9.33. The maximum atomic E-state index is 12.7. The molecule has 28 heavy (non-hydrogen) atoms. The number of benzene rings is 3. The molecule has 1 N–H and O–H groups in total. The van der Waals surface area contributed by atoms with Gasteiger partial charge in [0, 0.05) is 16.5 Å². The standard InChI is InChI=1S/C23H20BrNO3/c1-28-23(27)21(15-19-9-5-6-10-20(19)24)25-22(26)18-13-11-17(12-14-18)16-7-3-2-4-8-16/h2-14,21H,15H2,1H3,(H,25,26)/t21-/m0/s1. The van der Waals surface area contributed by atoms with E-state index in [0.29, 0.717) is 12.0 Å². The summed E-state index contributed by atoms with van der Waals surface area (Å²) >= 11 is 3.47. The van der Waals surface area contributed by atoms with Crippen LogP contribution in [0.1, 0.15) is 15.9 Å². The predicted octanol–water partition coefficient (Wildman–Crippen LogP) is 4.63. The molecule has 3 rings (SSSR count). The van der Waals surface area contributed by atoms with Crippen LogP contribution in [0, 0.1) is 0 Å². The van der Waals surface area contributed by atoms with Gasteiger partial charge in [-0.15, -0.1) is 0 Å². The molecule has 0 fully saturated rings. The van der Waals surface area contributed by atoms with E-state index in [1.807, 2.05) is 66.7 Å². The number of carbonyl (C=O) groups is 2. The molecule has 142 valence electrons. The fourth-order valence-electron chi connectivity index (χ4n) is 2.91. The minimum atomic E-state index is -0.773. The molecular weight excluding hydrogens is 418 g/mol. The summed E-state index contributed by atoms with van der Waals surface area (Å²) in [4.78, 5) is 24.8. The first-order chi connectivity index (χ1) is 13.6. The first-order valence-corrected chi connectivity index (χ1v) is 9.65. The van der Waals surface area contributed by atoms with E-state index in [2.05, 4.69) is 21.2 Å². The second-order valence-electron chi connectivity index (χ2n) is 6.29. The number of nitrogens with one attached hydrogen (secondary N) is 1.